The summed E-state index contributed by atoms with van der Waals surface area (Å²) in [6.45, 7) is 4.91. The minimum Gasteiger partial charge on any atom is -0.161 e. The van der Waals surface area contributed by atoms with Crippen LogP contribution in [0.5, 0.6) is 0 Å². The molecule has 0 nitrogen and oxygen atoms in total. The standard InChI is InChI=1S/C12H22S2/c1-9-3-11-4-12(8-14-7-11)10(2)6-13-5-9/h9-12H,3-8H2,1-2H3. The van der Waals surface area contributed by atoms with E-state index in [0.717, 1.165) is 23.7 Å². The Morgan fingerprint density at radius 3 is 2.50 bits per heavy atom. The van der Waals surface area contributed by atoms with E-state index in [-0.39, 0.29) is 0 Å². The Labute approximate surface area is 97.0 Å². The molecule has 2 rings (SSSR count). The molecule has 4 atom stereocenters. The Morgan fingerprint density at radius 1 is 0.857 bits per heavy atom. The van der Waals surface area contributed by atoms with Crippen LogP contribution in [0.15, 0.2) is 0 Å². The predicted octanol–water partition coefficient (Wildman–Crippen LogP) is 3.76. The van der Waals surface area contributed by atoms with Crippen LogP contribution in [0.4, 0.5) is 0 Å². The zero-order chi connectivity index (χ0) is 9.97. The van der Waals surface area contributed by atoms with Crippen LogP contribution in [0, 0.1) is 23.7 Å². The Bertz CT molecular complexity index is 181. The molecule has 0 aliphatic carbocycles. The van der Waals surface area contributed by atoms with Crippen LogP contribution in [-0.4, -0.2) is 23.0 Å². The molecule has 2 heterocycles. The van der Waals surface area contributed by atoms with E-state index in [4.69, 9.17) is 0 Å². The van der Waals surface area contributed by atoms with Gasteiger partial charge in [-0.2, -0.15) is 23.5 Å². The monoisotopic (exact) mass is 230 g/mol. The molecule has 0 radical (unpaired) electrons. The molecule has 14 heavy (non-hydrogen) atoms. The molecule has 0 aromatic carbocycles. The Kier molecular flexibility index (Phi) is 4.12. The zero-order valence-electron chi connectivity index (χ0n) is 9.37. The Hall–Kier alpha value is 0.700. The number of rotatable bonds is 0. The maximum Gasteiger partial charge on any atom is -0.00361 e. The first-order valence-corrected chi connectivity index (χ1v) is 8.22. The second kappa shape index (κ2) is 5.16. The normalized spacial score (nSPS) is 45.0. The maximum absolute atomic E-state index is 2.47. The molecule has 0 spiro atoms. The van der Waals surface area contributed by atoms with Gasteiger partial charge in [0.2, 0.25) is 0 Å². The van der Waals surface area contributed by atoms with Gasteiger partial charge in [0.25, 0.3) is 0 Å². The molecule has 2 bridgehead atoms. The average molecular weight is 230 g/mol. The minimum atomic E-state index is 0.953. The van der Waals surface area contributed by atoms with E-state index in [1.165, 1.54) is 35.9 Å². The number of hydrogen-bond acceptors (Lipinski definition) is 2. The van der Waals surface area contributed by atoms with Crippen molar-refractivity contribution in [1.82, 2.24) is 0 Å². The largest absolute Gasteiger partial charge is 0.161 e. The van der Waals surface area contributed by atoms with Crippen molar-refractivity contribution in [2.75, 3.05) is 23.0 Å². The summed E-state index contributed by atoms with van der Waals surface area (Å²) in [5.74, 6) is 9.66. The van der Waals surface area contributed by atoms with Gasteiger partial charge in [-0.15, -0.1) is 0 Å². The van der Waals surface area contributed by atoms with Crippen LogP contribution in [0.3, 0.4) is 0 Å². The Morgan fingerprint density at radius 2 is 1.64 bits per heavy atom. The molecule has 82 valence electrons. The van der Waals surface area contributed by atoms with Crippen LogP contribution >= 0.6 is 23.5 Å². The third-order valence-corrected chi connectivity index (χ3v) is 6.58. The summed E-state index contributed by atoms with van der Waals surface area (Å²) in [5, 5.41) is 0. The van der Waals surface area contributed by atoms with Gasteiger partial charge in [0, 0.05) is 0 Å². The molecule has 2 aliphatic rings. The summed E-state index contributed by atoms with van der Waals surface area (Å²) in [6.07, 6.45) is 3.02. The fourth-order valence-corrected chi connectivity index (χ4v) is 5.57. The van der Waals surface area contributed by atoms with Gasteiger partial charge >= 0.3 is 0 Å². The molecular formula is C12H22S2. The molecule has 0 aromatic heterocycles. The van der Waals surface area contributed by atoms with Crippen LogP contribution in [0.1, 0.15) is 26.7 Å². The van der Waals surface area contributed by atoms with Crippen molar-refractivity contribution in [1.29, 1.82) is 0 Å². The van der Waals surface area contributed by atoms with Crippen LogP contribution in [0.25, 0.3) is 0 Å². The van der Waals surface area contributed by atoms with Crippen molar-refractivity contribution in [2.45, 2.75) is 26.7 Å². The summed E-state index contributed by atoms with van der Waals surface area (Å²) in [5.41, 5.74) is 0. The van der Waals surface area contributed by atoms with Gasteiger partial charge in [0.1, 0.15) is 0 Å². The van der Waals surface area contributed by atoms with Gasteiger partial charge < -0.3 is 0 Å². The minimum absolute atomic E-state index is 0.953. The molecule has 2 heteroatoms. The van der Waals surface area contributed by atoms with Crippen molar-refractivity contribution in [3.05, 3.63) is 0 Å². The summed E-state index contributed by atoms with van der Waals surface area (Å²) >= 11 is 4.41. The van der Waals surface area contributed by atoms with Gasteiger partial charge in [-0.1, -0.05) is 13.8 Å². The van der Waals surface area contributed by atoms with Gasteiger partial charge in [0.05, 0.1) is 0 Å². The Balaban J connectivity index is 2.00. The fourth-order valence-electron chi connectivity index (χ4n) is 2.74. The zero-order valence-corrected chi connectivity index (χ0v) is 11.0. The molecule has 0 N–H and O–H groups in total. The molecule has 2 aliphatic heterocycles. The van der Waals surface area contributed by atoms with Crippen molar-refractivity contribution in [3.63, 3.8) is 0 Å². The van der Waals surface area contributed by atoms with Crippen LogP contribution in [-0.2, 0) is 0 Å². The maximum atomic E-state index is 2.47. The smallest absolute Gasteiger partial charge is 0.00361 e. The quantitative estimate of drug-likeness (QED) is 0.621. The highest BCUT2D eigenvalue weighted by Gasteiger charge is 2.28. The molecular weight excluding hydrogens is 208 g/mol. The highest BCUT2D eigenvalue weighted by Crippen LogP contribution is 2.38. The SMILES string of the molecule is CC1CSCC(C)C2CSCC(C1)C2. The average Bonchev–Trinajstić information content (AvgIpc) is 2.20. The topological polar surface area (TPSA) is 0 Å². The van der Waals surface area contributed by atoms with E-state index in [1.807, 2.05) is 0 Å². The first-order valence-electron chi connectivity index (χ1n) is 5.91. The summed E-state index contributed by atoms with van der Waals surface area (Å²) in [7, 11) is 0. The first kappa shape index (κ1) is 11.2. The highest BCUT2D eigenvalue weighted by atomic mass is 32.2. The van der Waals surface area contributed by atoms with Crippen molar-refractivity contribution in [2.24, 2.45) is 23.7 Å². The van der Waals surface area contributed by atoms with Crippen molar-refractivity contribution >= 4 is 23.5 Å². The predicted molar refractivity (Wildman–Crippen MR) is 69.2 cm³/mol. The third-order valence-electron chi connectivity index (χ3n) is 3.65. The van der Waals surface area contributed by atoms with Gasteiger partial charge in [0.15, 0.2) is 0 Å². The second-order valence-corrected chi connectivity index (χ2v) is 7.40. The lowest BCUT2D eigenvalue weighted by atomic mass is 9.84. The van der Waals surface area contributed by atoms with Crippen LogP contribution in [0.2, 0.25) is 0 Å². The lowest BCUT2D eigenvalue weighted by molar-refractivity contribution is 0.308. The van der Waals surface area contributed by atoms with E-state index in [1.54, 1.807) is 0 Å². The van der Waals surface area contributed by atoms with Crippen molar-refractivity contribution < 1.29 is 0 Å². The third kappa shape index (κ3) is 2.85. The lowest BCUT2D eigenvalue weighted by Gasteiger charge is -2.32. The van der Waals surface area contributed by atoms with E-state index < -0.39 is 0 Å². The number of hydrogen-bond donors (Lipinski definition) is 0. The van der Waals surface area contributed by atoms with Crippen molar-refractivity contribution in [3.8, 4) is 0 Å². The lowest BCUT2D eigenvalue weighted by Crippen LogP contribution is -2.25. The highest BCUT2D eigenvalue weighted by molar-refractivity contribution is 7.99. The van der Waals surface area contributed by atoms with Gasteiger partial charge in [-0.05, 0) is 59.5 Å². The molecule has 0 amide bonds. The van der Waals surface area contributed by atoms with Crippen LogP contribution < -0.4 is 0 Å². The molecule has 0 saturated carbocycles. The summed E-state index contributed by atoms with van der Waals surface area (Å²) < 4.78 is 0. The summed E-state index contributed by atoms with van der Waals surface area (Å²) in [6, 6.07) is 0. The first-order chi connectivity index (χ1) is 6.75. The fraction of sp³-hybridized carbons (Fsp3) is 1.00. The molecule has 4 unspecified atom stereocenters. The van der Waals surface area contributed by atoms with E-state index in [9.17, 15) is 0 Å². The number of fused-ring (bicyclic) bond motifs is 2. The molecule has 2 fully saturated rings. The van der Waals surface area contributed by atoms with Gasteiger partial charge in [-0.3, -0.25) is 0 Å². The molecule has 0 aromatic rings. The van der Waals surface area contributed by atoms with E-state index in [2.05, 4.69) is 37.4 Å². The van der Waals surface area contributed by atoms with Gasteiger partial charge in [-0.25, -0.2) is 0 Å². The second-order valence-electron chi connectivity index (χ2n) is 5.25. The number of thioether (sulfide) groups is 2. The van der Waals surface area contributed by atoms with E-state index >= 15 is 0 Å². The van der Waals surface area contributed by atoms with E-state index in [0.29, 0.717) is 0 Å². The molecule has 2 saturated heterocycles. The summed E-state index contributed by atoms with van der Waals surface area (Å²) in [4.78, 5) is 0.